The molecule has 0 aromatic heterocycles. The summed E-state index contributed by atoms with van der Waals surface area (Å²) in [6, 6.07) is 13.7. The molecule has 18 heavy (non-hydrogen) atoms. The van der Waals surface area contributed by atoms with Crippen molar-refractivity contribution in [2.24, 2.45) is 0 Å². The van der Waals surface area contributed by atoms with Crippen LogP contribution in [0.15, 0.2) is 42.5 Å². The molecule has 2 aromatic rings. The predicted octanol–water partition coefficient (Wildman–Crippen LogP) is 4.29. The van der Waals surface area contributed by atoms with Gasteiger partial charge in [0.25, 0.3) is 0 Å². The molecule has 0 aliphatic heterocycles. The summed E-state index contributed by atoms with van der Waals surface area (Å²) in [5, 5.41) is 11.1. The molecule has 0 saturated carbocycles. The van der Waals surface area contributed by atoms with Crippen LogP contribution in [0.25, 0.3) is 0 Å². The molecule has 1 N–H and O–H groups in total. The summed E-state index contributed by atoms with van der Waals surface area (Å²) in [6.45, 7) is 4.08. The molecule has 1 unspecified atom stereocenters. The summed E-state index contributed by atoms with van der Waals surface area (Å²) in [4.78, 5) is 0. The minimum Gasteiger partial charge on any atom is -0.384 e. The number of rotatable bonds is 3. The van der Waals surface area contributed by atoms with Crippen molar-refractivity contribution >= 4 is 11.6 Å². The highest BCUT2D eigenvalue weighted by Gasteiger charge is 2.12. The number of hydrogen-bond acceptors (Lipinski definition) is 1. The van der Waals surface area contributed by atoms with E-state index in [0.717, 1.165) is 23.1 Å². The molecule has 0 radical (unpaired) electrons. The lowest BCUT2D eigenvalue weighted by Gasteiger charge is -2.14. The summed E-state index contributed by atoms with van der Waals surface area (Å²) < 4.78 is 0. The maximum atomic E-state index is 10.4. The van der Waals surface area contributed by atoms with E-state index in [4.69, 9.17) is 11.6 Å². The first-order chi connectivity index (χ1) is 8.61. The lowest BCUT2D eigenvalue weighted by atomic mass is 9.96. The molecule has 0 heterocycles. The molecule has 0 aliphatic rings. The Morgan fingerprint density at radius 2 is 1.78 bits per heavy atom. The second-order valence-electron chi connectivity index (χ2n) is 4.50. The minimum atomic E-state index is -0.590. The van der Waals surface area contributed by atoms with E-state index >= 15 is 0 Å². The second-order valence-corrected chi connectivity index (χ2v) is 4.94. The fourth-order valence-corrected chi connectivity index (χ4v) is 2.29. The molecule has 0 spiro atoms. The van der Waals surface area contributed by atoms with Crippen molar-refractivity contribution in [2.75, 3.05) is 0 Å². The van der Waals surface area contributed by atoms with Crippen LogP contribution in [-0.2, 0) is 6.42 Å². The molecular formula is C16H17ClO. The Morgan fingerprint density at radius 3 is 2.33 bits per heavy atom. The maximum absolute atomic E-state index is 10.4. The Kier molecular flexibility index (Phi) is 4.05. The largest absolute Gasteiger partial charge is 0.384 e. The first kappa shape index (κ1) is 13.1. The smallest absolute Gasteiger partial charge is 0.104 e. The normalized spacial score (nSPS) is 12.4. The number of aryl methyl sites for hydroxylation is 2. The fraction of sp³-hybridized carbons (Fsp3) is 0.250. The van der Waals surface area contributed by atoms with E-state index in [1.807, 2.05) is 37.3 Å². The monoisotopic (exact) mass is 260 g/mol. The van der Waals surface area contributed by atoms with Crippen LogP contribution in [0, 0.1) is 6.92 Å². The van der Waals surface area contributed by atoms with E-state index in [-0.39, 0.29) is 0 Å². The zero-order valence-corrected chi connectivity index (χ0v) is 11.4. The van der Waals surface area contributed by atoms with Crippen LogP contribution in [0.4, 0.5) is 0 Å². The summed E-state index contributed by atoms with van der Waals surface area (Å²) >= 11 is 5.93. The SMILES string of the molecule is CCc1ccc(C(O)c2ccc(Cl)cc2C)cc1. The van der Waals surface area contributed by atoms with Gasteiger partial charge in [0.2, 0.25) is 0 Å². The van der Waals surface area contributed by atoms with Crippen molar-refractivity contribution in [3.8, 4) is 0 Å². The summed E-state index contributed by atoms with van der Waals surface area (Å²) in [6.07, 6.45) is 0.421. The highest BCUT2D eigenvalue weighted by atomic mass is 35.5. The van der Waals surface area contributed by atoms with Gasteiger partial charge in [-0.15, -0.1) is 0 Å². The first-order valence-electron chi connectivity index (χ1n) is 6.14. The zero-order valence-electron chi connectivity index (χ0n) is 10.7. The average molecular weight is 261 g/mol. The van der Waals surface area contributed by atoms with E-state index in [1.54, 1.807) is 0 Å². The summed E-state index contributed by atoms with van der Waals surface area (Å²) in [7, 11) is 0. The average Bonchev–Trinajstić information content (AvgIpc) is 2.38. The topological polar surface area (TPSA) is 20.2 Å². The van der Waals surface area contributed by atoms with Crippen LogP contribution in [-0.4, -0.2) is 5.11 Å². The van der Waals surface area contributed by atoms with Crippen LogP contribution < -0.4 is 0 Å². The van der Waals surface area contributed by atoms with E-state index in [9.17, 15) is 5.11 Å². The lowest BCUT2D eigenvalue weighted by Crippen LogP contribution is -2.02. The maximum Gasteiger partial charge on any atom is 0.104 e. The minimum absolute atomic E-state index is 0.590. The Labute approximate surface area is 113 Å². The Hall–Kier alpha value is -1.31. The van der Waals surface area contributed by atoms with Gasteiger partial charge >= 0.3 is 0 Å². The zero-order chi connectivity index (χ0) is 13.1. The molecule has 1 atom stereocenters. The van der Waals surface area contributed by atoms with Crippen LogP contribution in [0.1, 0.15) is 35.3 Å². The fourth-order valence-electron chi connectivity index (χ4n) is 2.06. The number of aliphatic hydroxyl groups is 1. The van der Waals surface area contributed by atoms with Crippen molar-refractivity contribution in [1.82, 2.24) is 0 Å². The Morgan fingerprint density at radius 1 is 1.11 bits per heavy atom. The first-order valence-corrected chi connectivity index (χ1v) is 6.52. The third-order valence-corrected chi connectivity index (χ3v) is 3.47. The van der Waals surface area contributed by atoms with Gasteiger partial charge in [-0.25, -0.2) is 0 Å². The van der Waals surface area contributed by atoms with Crippen molar-refractivity contribution in [2.45, 2.75) is 26.4 Å². The van der Waals surface area contributed by atoms with Crippen LogP contribution in [0.3, 0.4) is 0 Å². The van der Waals surface area contributed by atoms with Gasteiger partial charge < -0.3 is 5.11 Å². The Bertz CT molecular complexity index is 531. The van der Waals surface area contributed by atoms with Gasteiger partial charge in [-0.05, 0) is 47.7 Å². The molecule has 94 valence electrons. The lowest BCUT2D eigenvalue weighted by molar-refractivity contribution is 0.219. The molecule has 0 saturated heterocycles. The van der Waals surface area contributed by atoms with E-state index in [0.29, 0.717) is 5.02 Å². The predicted molar refractivity (Wildman–Crippen MR) is 76.1 cm³/mol. The van der Waals surface area contributed by atoms with Crippen molar-refractivity contribution < 1.29 is 5.11 Å². The number of hydrogen-bond donors (Lipinski definition) is 1. The molecular weight excluding hydrogens is 244 g/mol. The number of aliphatic hydroxyl groups excluding tert-OH is 1. The van der Waals surface area contributed by atoms with Gasteiger partial charge in [-0.2, -0.15) is 0 Å². The van der Waals surface area contributed by atoms with Crippen molar-refractivity contribution in [1.29, 1.82) is 0 Å². The molecule has 0 aliphatic carbocycles. The standard InChI is InChI=1S/C16H17ClO/c1-3-12-4-6-13(7-5-12)16(18)15-9-8-14(17)10-11(15)2/h4-10,16,18H,3H2,1-2H3. The number of benzene rings is 2. The van der Waals surface area contributed by atoms with Crippen molar-refractivity contribution in [3.05, 3.63) is 69.7 Å². The molecule has 0 bridgehead atoms. The highest BCUT2D eigenvalue weighted by molar-refractivity contribution is 6.30. The van der Waals surface area contributed by atoms with Crippen LogP contribution >= 0.6 is 11.6 Å². The van der Waals surface area contributed by atoms with Gasteiger partial charge in [0.05, 0.1) is 0 Å². The van der Waals surface area contributed by atoms with E-state index in [1.165, 1.54) is 5.56 Å². The molecule has 2 heteroatoms. The summed E-state index contributed by atoms with van der Waals surface area (Å²) in [5.41, 5.74) is 4.11. The Balaban J connectivity index is 2.31. The van der Waals surface area contributed by atoms with Gasteiger partial charge in [0, 0.05) is 5.02 Å². The quantitative estimate of drug-likeness (QED) is 0.873. The molecule has 0 amide bonds. The third-order valence-electron chi connectivity index (χ3n) is 3.23. The van der Waals surface area contributed by atoms with Crippen LogP contribution in [0.5, 0.6) is 0 Å². The molecule has 0 fully saturated rings. The molecule has 2 aromatic carbocycles. The second kappa shape index (κ2) is 5.55. The van der Waals surface area contributed by atoms with Gasteiger partial charge in [0.15, 0.2) is 0 Å². The third kappa shape index (κ3) is 2.74. The van der Waals surface area contributed by atoms with Crippen LogP contribution in [0.2, 0.25) is 5.02 Å². The number of halogens is 1. The molecule has 2 rings (SSSR count). The van der Waals surface area contributed by atoms with Gasteiger partial charge in [-0.3, -0.25) is 0 Å². The van der Waals surface area contributed by atoms with E-state index in [2.05, 4.69) is 19.1 Å². The molecule has 1 nitrogen and oxygen atoms in total. The van der Waals surface area contributed by atoms with Gasteiger partial charge in [0.1, 0.15) is 6.10 Å². The highest BCUT2D eigenvalue weighted by Crippen LogP contribution is 2.26. The van der Waals surface area contributed by atoms with E-state index < -0.39 is 6.10 Å². The van der Waals surface area contributed by atoms with Crippen molar-refractivity contribution in [3.63, 3.8) is 0 Å². The van der Waals surface area contributed by atoms with Gasteiger partial charge in [-0.1, -0.05) is 48.9 Å². The summed E-state index contributed by atoms with van der Waals surface area (Å²) in [5.74, 6) is 0.